The minimum atomic E-state index is -0.276. The molecule has 3 heteroatoms. The van der Waals surface area contributed by atoms with Crippen molar-refractivity contribution in [3.63, 3.8) is 0 Å². The van der Waals surface area contributed by atoms with Gasteiger partial charge in [-0.2, -0.15) is 0 Å². The second kappa shape index (κ2) is 4.88. The van der Waals surface area contributed by atoms with Crippen LogP contribution in [-0.2, 0) is 9.53 Å². The molecule has 1 saturated heterocycles. The molecule has 0 aliphatic carbocycles. The summed E-state index contributed by atoms with van der Waals surface area (Å²) in [7, 11) is 0. The van der Waals surface area contributed by atoms with Gasteiger partial charge in [-0.05, 0) is 19.3 Å². The van der Waals surface area contributed by atoms with E-state index in [0.717, 1.165) is 19.3 Å². The van der Waals surface area contributed by atoms with Crippen LogP contribution in [0.4, 0.5) is 0 Å². The van der Waals surface area contributed by atoms with E-state index in [2.05, 4.69) is 11.2 Å². The molecule has 1 heterocycles. The molecule has 2 unspecified atom stereocenters. The summed E-state index contributed by atoms with van der Waals surface area (Å²) in [6, 6.07) is -0.156. The predicted octanol–water partition coefficient (Wildman–Crippen LogP) is 0.693. The van der Waals surface area contributed by atoms with Crippen LogP contribution >= 0.6 is 0 Å². The highest BCUT2D eigenvalue weighted by Gasteiger charge is 2.24. The zero-order chi connectivity index (χ0) is 9.68. The molecule has 0 spiro atoms. The number of hydrogen-bond acceptors (Lipinski definition) is 2. The van der Waals surface area contributed by atoms with Crippen molar-refractivity contribution in [2.75, 3.05) is 6.61 Å². The van der Waals surface area contributed by atoms with Crippen LogP contribution in [-0.4, -0.2) is 24.7 Å². The quantitative estimate of drug-likeness (QED) is 0.651. The fraction of sp³-hybridized carbons (Fsp3) is 0.700. The lowest BCUT2D eigenvalue weighted by Crippen LogP contribution is -2.40. The van der Waals surface area contributed by atoms with Gasteiger partial charge in [-0.3, -0.25) is 4.79 Å². The van der Waals surface area contributed by atoms with Gasteiger partial charge in [-0.1, -0.05) is 12.8 Å². The molecular formula is C10H15NO2. The van der Waals surface area contributed by atoms with Crippen molar-refractivity contribution < 1.29 is 9.53 Å². The Bertz CT molecular complexity index is 213. The molecule has 0 aromatic carbocycles. The first-order valence-electron chi connectivity index (χ1n) is 4.66. The zero-order valence-corrected chi connectivity index (χ0v) is 7.88. The van der Waals surface area contributed by atoms with Gasteiger partial charge < -0.3 is 10.1 Å². The van der Waals surface area contributed by atoms with Crippen LogP contribution in [0.25, 0.3) is 0 Å². The molecule has 1 fully saturated rings. The number of carbonyl (C=O) groups is 1. The van der Waals surface area contributed by atoms with Gasteiger partial charge in [-0.25, -0.2) is 0 Å². The minimum Gasteiger partial charge on any atom is -0.368 e. The Morgan fingerprint density at radius 2 is 2.62 bits per heavy atom. The second-order valence-corrected chi connectivity index (χ2v) is 3.14. The molecule has 0 aromatic heterocycles. The first-order chi connectivity index (χ1) is 6.27. The normalized spacial score (nSPS) is 23.5. The highest BCUT2D eigenvalue weighted by atomic mass is 16.5. The van der Waals surface area contributed by atoms with E-state index in [1.165, 1.54) is 0 Å². The third kappa shape index (κ3) is 2.74. The Kier molecular flexibility index (Phi) is 3.78. The summed E-state index contributed by atoms with van der Waals surface area (Å²) in [5.41, 5.74) is 0. The molecule has 0 bridgehead atoms. The van der Waals surface area contributed by atoms with Gasteiger partial charge in [0.05, 0.1) is 6.04 Å². The molecule has 1 amide bonds. The Morgan fingerprint density at radius 3 is 3.08 bits per heavy atom. The van der Waals surface area contributed by atoms with Gasteiger partial charge in [0.25, 0.3) is 0 Å². The maximum Gasteiger partial charge on any atom is 0.250 e. The van der Waals surface area contributed by atoms with Gasteiger partial charge in [-0.15, -0.1) is 6.42 Å². The number of hydrogen-bond donors (Lipinski definition) is 1. The molecule has 2 atom stereocenters. The molecule has 0 saturated carbocycles. The Hall–Kier alpha value is -1.01. The van der Waals surface area contributed by atoms with Crippen LogP contribution in [0.1, 0.15) is 26.2 Å². The Morgan fingerprint density at radius 1 is 1.85 bits per heavy atom. The summed E-state index contributed by atoms with van der Waals surface area (Å²) < 4.78 is 5.22. The number of amides is 1. The van der Waals surface area contributed by atoms with Crippen molar-refractivity contribution in [2.45, 2.75) is 38.3 Å². The highest BCUT2D eigenvalue weighted by molar-refractivity contribution is 5.81. The average Bonchev–Trinajstić information content (AvgIpc) is 2.66. The standard InChI is InChI=1S/C10H15NO2/c1-3-8(4-2)11-10(12)9-6-5-7-13-9/h1,8-9H,4-7H2,2H3,(H,11,12). The smallest absolute Gasteiger partial charge is 0.250 e. The van der Waals surface area contributed by atoms with E-state index in [1.54, 1.807) is 0 Å². The second-order valence-electron chi connectivity index (χ2n) is 3.14. The lowest BCUT2D eigenvalue weighted by atomic mass is 10.2. The first-order valence-corrected chi connectivity index (χ1v) is 4.66. The van der Waals surface area contributed by atoms with E-state index < -0.39 is 0 Å². The summed E-state index contributed by atoms with van der Waals surface area (Å²) >= 11 is 0. The third-order valence-corrected chi connectivity index (χ3v) is 2.15. The van der Waals surface area contributed by atoms with Crippen molar-refractivity contribution in [3.8, 4) is 12.3 Å². The third-order valence-electron chi connectivity index (χ3n) is 2.15. The molecule has 1 aliphatic heterocycles. The minimum absolute atomic E-state index is 0.0673. The molecule has 72 valence electrons. The zero-order valence-electron chi connectivity index (χ0n) is 7.88. The lowest BCUT2D eigenvalue weighted by molar-refractivity contribution is -0.130. The number of rotatable bonds is 3. The molecular weight excluding hydrogens is 166 g/mol. The molecule has 3 nitrogen and oxygen atoms in total. The van der Waals surface area contributed by atoms with Crippen LogP contribution < -0.4 is 5.32 Å². The topological polar surface area (TPSA) is 38.3 Å². The van der Waals surface area contributed by atoms with Gasteiger partial charge in [0, 0.05) is 6.61 Å². The van der Waals surface area contributed by atoms with Crippen molar-refractivity contribution in [3.05, 3.63) is 0 Å². The van der Waals surface area contributed by atoms with Crippen LogP contribution in [0.2, 0.25) is 0 Å². The van der Waals surface area contributed by atoms with Crippen molar-refractivity contribution in [1.29, 1.82) is 0 Å². The van der Waals surface area contributed by atoms with Crippen molar-refractivity contribution in [2.24, 2.45) is 0 Å². The van der Waals surface area contributed by atoms with Crippen molar-refractivity contribution >= 4 is 5.91 Å². The average molecular weight is 181 g/mol. The SMILES string of the molecule is C#CC(CC)NC(=O)C1CCCO1. The Balaban J connectivity index is 2.35. The van der Waals surface area contributed by atoms with Crippen LogP contribution in [0.5, 0.6) is 0 Å². The molecule has 13 heavy (non-hydrogen) atoms. The highest BCUT2D eigenvalue weighted by Crippen LogP contribution is 2.11. The molecule has 0 aromatic rings. The van der Waals surface area contributed by atoms with Gasteiger partial charge in [0.2, 0.25) is 5.91 Å². The maximum atomic E-state index is 11.4. The number of nitrogens with one attached hydrogen (secondary N) is 1. The number of ether oxygens (including phenoxy) is 1. The van der Waals surface area contributed by atoms with E-state index in [1.807, 2.05) is 6.92 Å². The predicted molar refractivity (Wildman–Crippen MR) is 50.0 cm³/mol. The fourth-order valence-corrected chi connectivity index (χ4v) is 1.31. The summed E-state index contributed by atoms with van der Waals surface area (Å²) in [6.07, 6.45) is 7.48. The van der Waals surface area contributed by atoms with Crippen molar-refractivity contribution in [1.82, 2.24) is 5.32 Å². The largest absolute Gasteiger partial charge is 0.368 e. The lowest BCUT2D eigenvalue weighted by Gasteiger charge is -2.14. The van der Waals surface area contributed by atoms with Gasteiger partial charge >= 0.3 is 0 Å². The van der Waals surface area contributed by atoms with E-state index in [-0.39, 0.29) is 18.1 Å². The Labute approximate surface area is 78.8 Å². The van der Waals surface area contributed by atoms with E-state index in [0.29, 0.717) is 6.61 Å². The van der Waals surface area contributed by atoms with Crippen LogP contribution in [0.3, 0.4) is 0 Å². The van der Waals surface area contributed by atoms with Crippen LogP contribution in [0, 0.1) is 12.3 Å². The summed E-state index contributed by atoms with van der Waals surface area (Å²) in [5, 5.41) is 2.76. The number of terminal acetylenes is 1. The molecule has 1 aliphatic rings. The summed E-state index contributed by atoms with van der Waals surface area (Å²) in [6.45, 7) is 2.63. The summed E-state index contributed by atoms with van der Waals surface area (Å²) in [4.78, 5) is 11.4. The molecule has 1 N–H and O–H groups in total. The van der Waals surface area contributed by atoms with E-state index in [9.17, 15) is 4.79 Å². The van der Waals surface area contributed by atoms with Gasteiger partial charge in [0.15, 0.2) is 0 Å². The molecule has 0 radical (unpaired) electrons. The summed E-state index contributed by atoms with van der Waals surface area (Å²) in [5.74, 6) is 2.45. The monoisotopic (exact) mass is 181 g/mol. The van der Waals surface area contributed by atoms with E-state index in [4.69, 9.17) is 11.2 Å². The first kappa shape index (κ1) is 10.1. The fourth-order valence-electron chi connectivity index (χ4n) is 1.31. The van der Waals surface area contributed by atoms with Crippen LogP contribution in [0.15, 0.2) is 0 Å². The maximum absolute atomic E-state index is 11.4. The van der Waals surface area contributed by atoms with E-state index >= 15 is 0 Å². The number of carbonyl (C=O) groups excluding carboxylic acids is 1. The van der Waals surface area contributed by atoms with Gasteiger partial charge in [0.1, 0.15) is 6.10 Å². The molecule has 1 rings (SSSR count).